The lowest BCUT2D eigenvalue weighted by Crippen LogP contribution is -2.42. The van der Waals surface area contributed by atoms with E-state index in [0.29, 0.717) is 19.4 Å². The van der Waals surface area contributed by atoms with Crippen LogP contribution in [-0.4, -0.2) is 45.0 Å². The van der Waals surface area contributed by atoms with Crippen LogP contribution >= 0.6 is 0 Å². The Bertz CT molecular complexity index is 1040. The Morgan fingerprint density at radius 2 is 1.94 bits per heavy atom. The monoisotopic (exact) mass is 439 g/mol. The molecule has 0 aliphatic carbocycles. The van der Waals surface area contributed by atoms with Gasteiger partial charge in [-0.15, -0.1) is 0 Å². The maximum absolute atomic E-state index is 12.3. The van der Waals surface area contributed by atoms with E-state index in [9.17, 15) is 4.79 Å². The highest BCUT2D eigenvalue weighted by molar-refractivity contribution is 5.69. The summed E-state index contributed by atoms with van der Waals surface area (Å²) in [6.07, 6.45) is 2.00. The lowest BCUT2D eigenvalue weighted by molar-refractivity contribution is -0.143. The molecule has 2 aromatic rings. The predicted octanol–water partition coefficient (Wildman–Crippen LogP) is 3.97. The third-order valence-corrected chi connectivity index (χ3v) is 6.81. The van der Waals surface area contributed by atoms with Crippen molar-refractivity contribution in [1.82, 2.24) is 4.90 Å². The van der Waals surface area contributed by atoms with Gasteiger partial charge in [0.1, 0.15) is 0 Å². The van der Waals surface area contributed by atoms with Gasteiger partial charge in [0.05, 0.1) is 20.8 Å². The number of ether oxygens (including phenoxy) is 5. The van der Waals surface area contributed by atoms with Crippen LogP contribution in [0.15, 0.2) is 24.3 Å². The summed E-state index contributed by atoms with van der Waals surface area (Å²) in [5.41, 5.74) is 4.90. The molecule has 3 heterocycles. The Morgan fingerprint density at radius 1 is 1.12 bits per heavy atom. The molecule has 0 N–H and O–H groups in total. The van der Waals surface area contributed by atoms with Gasteiger partial charge < -0.3 is 23.7 Å². The van der Waals surface area contributed by atoms with Crippen LogP contribution in [0.25, 0.3) is 0 Å². The minimum absolute atomic E-state index is 0.113. The minimum atomic E-state index is -0.159. The molecule has 0 aromatic heterocycles. The summed E-state index contributed by atoms with van der Waals surface area (Å²) in [6.45, 7) is 4.19. The molecule has 170 valence electrons. The normalized spacial score (nSPS) is 20.7. The smallest absolute Gasteiger partial charge is 0.305 e. The zero-order chi connectivity index (χ0) is 22.2. The van der Waals surface area contributed by atoms with Crippen LogP contribution < -0.4 is 18.9 Å². The highest BCUT2D eigenvalue weighted by Gasteiger charge is 2.41. The number of benzene rings is 2. The Labute approximate surface area is 188 Å². The number of methoxy groups -OCH3 is 2. The third-order valence-electron chi connectivity index (χ3n) is 6.81. The molecule has 5 rings (SSSR count). The predicted molar refractivity (Wildman–Crippen MR) is 118 cm³/mol. The van der Waals surface area contributed by atoms with Crippen molar-refractivity contribution in [3.63, 3.8) is 0 Å². The van der Waals surface area contributed by atoms with Gasteiger partial charge in [-0.2, -0.15) is 0 Å². The van der Waals surface area contributed by atoms with E-state index in [-0.39, 0.29) is 24.7 Å². The molecule has 3 aliphatic rings. The van der Waals surface area contributed by atoms with Gasteiger partial charge in [0, 0.05) is 37.0 Å². The summed E-state index contributed by atoms with van der Waals surface area (Å²) < 4.78 is 27.9. The van der Waals surface area contributed by atoms with Crippen molar-refractivity contribution < 1.29 is 28.5 Å². The van der Waals surface area contributed by atoms with Crippen LogP contribution in [0.5, 0.6) is 23.0 Å². The van der Waals surface area contributed by atoms with Gasteiger partial charge in [0.15, 0.2) is 23.0 Å². The molecule has 0 bridgehead atoms. The molecule has 7 nitrogen and oxygen atoms in total. The van der Waals surface area contributed by atoms with E-state index in [1.165, 1.54) is 16.7 Å². The molecule has 3 aliphatic heterocycles. The summed E-state index contributed by atoms with van der Waals surface area (Å²) in [7, 11) is 3.35. The first-order chi connectivity index (χ1) is 15.6. The summed E-state index contributed by atoms with van der Waals surface area (Å²) in [4.78, 5) is 14.8. The van der Waals surface area contributed by atoms with E-state index in [0.717, 1.165) is 48.1 Å². The molecule has 32 heavy (non-hydrogen) atoms. The lowest BCUT2D eigenvalue weighted by Gasteiger charge is -2.46. The van der Waals surface area contributed by atoms with E-state index in [1.54, 1.807) is 14.2 Å². The summed E-state index contributed by atoms with van der Waals surface area (Å²) >= 11 is 0. The zero-order valence-electron chi connectivity index (χ0n) is 18.8. The van der Waals surface area contributed by atoms with E-state index >= 15 is 0 Å². The maximum atomic E-state index is 12.3. The van der Waals surface area contributed by atoms with Crippen LogP contribution in [0.1, 0.15) is 54.0 Å². The van der Waals surface area contributed by atoms with E-state index in [4.69, 9.17) is 23.7 Å². The van der Waals surface area contributed by atoms with Gasteiger partial charge in [0.25, 0.3) is 0 Å². The number of nitrogens with zero attached hydrogens (tertiary/aromatic N) is 1. The Hall–Kier alpha value is -2.93. The van der Waals surface area contributed by atoms with Crippen LogP contribution in [-0.2, 0) is 22.5 Å². The topological polar surface area (TPSA) is 66.5 Å². The van der Waals surface area contributed by atoms with Crippen molar-refractivity contribution in [3.8, 4) is 23.0 Å². The van der Waals surface area contributed by atoms with Gasteiger partial charge in [-0.25, -0.2) is 0 Å². The first-order valence-electron chi connectivity index (χ1n) is 11.2. The largest absolute Gasteiger partial charge is 0.493 e. The Kier molecular flexibility index (Phi) is 5.59. The van der Waals surface area contributed by atoms with Crippen LogP contribution in [0.2, 0.25) is 0 Å². The molecule has 0 spiro atoms. The summed E-state index contributed by atoms with van der Waals surface area (Å²) in [6, 6.07) is 8.51. The standard InChI is InChI=1S/C25H29NO6/c1-4-30-23(27)8-6-17-16-5-7-20(28-2)25(29-3)19(16)13-26-10-9-15-11-21-22(32-14-31-21)12-18(15)24(17)26/h5,7,11-12,17,24H,4,6,8-10,13-14H2,1-3H3. The molecule has 0 fully saturated rings. The van der Waals surface area contributed by atoms with Crippen molar-refractivity contribution in [1.29, 1.82) is 0 Å². The Balaban J connectivity index is 1.59. The first-order valence-corrected chi connectivity index (χ1v) is 11.2. The second kappa shape index (κ2) is 8.54. The molecule has 2 atom stereocenters. The fourth-order valence-electron chi connectivity index (χ4n) is 5.45. The number of hydrogen-bond donors (Lipinski definition) is 0. The first kappa shape index (κ1) is 20.9. The molecular weight excluding hydrogens is 410 g/mol. The molecule has 0 amide bonds. The molecule has 7 heteroatoms. The van der Waals surface area contributed by atoms with Gasteiger partial charge in [0.2, 0.25) is 6.79 Å². The van der Waals surface area contributed by atoms with Gasteiger partial charge >= 0.3 is 5.97 Å². The van der Waals surface area contributed by atoms with Crippen LogP contribution in [0, 0.1) is 0 Å². The lowest BCUT2D eigenvalue weighted by atomic mass is 9.74. The number of hydrogen-bond acceptors (Lipinski definition) is 7. The van der Waals surface area contributed by atoms with Crippen molar-refractivity contribution in [2.45, 2.75) is 44.7 Å². The molecule has 0 saturated heterocycles. The number of rotatable bonds is 6. The molecular formula is C25H29NO6. The molecule has 2 unspecified atom stereocenters. The van der Waals surface area contributed by atoms with Gasteiger partial charge in [-0.3, -0.25) is 9.69 Å². The van der Waals surface area contributed by atoms with Crippen molar-refractivity contribution in [3.05, 3.63) is 46.5 Å². The average Bonchev–Trinajstić information content (AvgIpc) is 3.27. The second-order valence-electron chi connectivity index (χ2n) is 8.39. The quantitative estimate of drug-likeness (QED) is 0.631. The fraction of sp³-hybridized carbons (Fsp3) is 0.480. The number of fused-ring (bicyclic) bond motifs is 5. The Morgan fingerprint density at radius 3 is 2.69 bits per heavy atom. The van der Waals surface area contributed by atoms with Crippen molar-refractivity contribution in [2.24, 2.45) is 0 Å². The fourth-order valence-corrected chi connectivity index (χ4v) is 5.45. The number of esters is 1. The molecule has 2 aromatic carbocycles. The average molecular weight is 440 g/mol. The van der Waals surface area contributed by atoms with Crippen molar-refractivity contribution >= 4 is 5.97 Å². The van der Waals surface area contributed by atoms with E-state index in [2.05, 4.69) is 23.1 Å². The maximum Gasteiger partial charge on any atom is 0.305 e. The zero-order valence-corrected chi connectivity index (χ0v) is 18.8. The van der Waals surface area contributed by atoms with Crippen molar-refractivity contribution in [2.75, 3.05) is 34.2 Å². The van der Waals surface area contributed by atoms with E-state index < -0.39 is 0 Å². The number of carbonyl (C=O) groups excluding carboxylic acids is 1. The highest BCUT2D eigenvalue weighted by Crippen LogP contribution is 2.53. The van der Waals surface area contributed by atoms with Crippen LogP contribution in [0.4, 0.5) is 0 Å². The second-order valence-corrected chi connectivity index (χ2v) is 8.39. The van der Waals surface area contributed by atoms with Gasteiger partial charge in [-0.05, 0) is 54.7 Å². The SMILES string of the molecule is CCOC(=O)CCC1c2ccc(OC)c(OC)c2CN2CCc3cc4c(cc3C12)OCO4. The van der Waals surface area contributed by atoms with E-state index in [1.807, 2.05) is 13.0 Å². The third kappa shape index (κ3) is 3.45. The summed E-state index contributed by atoms with van der Waals surface area (Å²) in [5, 5.41) is 0. The molecule has 0 radical (unpaired) electrons. The number of carbonyl (C=O) groups is 1. The minimum Gasteiger partial charge on any atom is -0.493 e. The van der Waals surface area contributed by atoms with Gasteiger partial charge in [-0.1, -0.05) is 6.07 Å². The van der Waals surface area contributed by atoms with Crippen LogP contribution in [0.3, 0.4) is 0 Å². The molecule has 0 saturated carbocycles. The highest BCUT2D eigenvalue weighted by atomic mass is 16.7. The summed E-state index contributed by atoms with van der Waals surface area (Å²) in [5.74, 6) is 3.09.